The summed E-state index contributed by atoms with van der Waals surface area (Å²) >= 11 is 2.16. The van der Waals surface area contributed by atoms with Crippen molar-refractivity contribution in [2.24, 2.45) is 5.10 Å². The van der Waals surface area contributed by atoms with Crippen molar-refractivity contribution < 1.29 is 14.6 Å². The normalized spacial score (nSPS) is 10.8. The van der Waals surface area contributed by atoms with Crippen LogP contribution in [0.15, 0.2) is 35.4 Å². The number of phenolic OH excluding ortho intramolecular Hbond substituents is 1. The second kappa shape index (κ2) is 8.14. The summed E-state index contributed by atoms with van der Waals surface area (Å²) < 4.78 is 6.46. The van der Waals surface area contributed by atoms with Crippen molar-refractivity contribution in [3.05, 3.63) is 56.2 Å². The Balaban J connectivity index is 1.91. The Hall–Kier alpha value is -2.09. The number of aromatic hydroxyl groups is 1. The van der Waals surface area contributed by atoms with Gasteiger partial charge >= 0.3 is 0 Å². The average Bonchev–Trinajstić information content (AvgIpc) is 2.51. The third kappa shape index (κ3) is 4.95. The topological polar surface area (TPSA) is 70.9 Å². The van der Waals surface area contributed by atoms with E-state index < -0.39 is 0 Å². The summed E-state index contributed by atoms with van der Waals surface area (Å²) in [5.41, 5.74) is 5.82. The summed E-state index contributed by atoms with van der Waals surface area (Å²) in [6.45, 7) is 5.62. The Morgan fingerprint density at radius 1 is 1.25 bits per heavy atom. The SMILES string of the molecule is Cc1ccc(OCC(=O)N/N=C/c2cc(I)cc(C)c2O)c(C)c1. The van der Waals surface area contributed by atoms with Gasteiger partial charge in [0.1, 0.15) is 11.5 Å². The Morgan fingerprint density at radius 3 is 2.71 bits per heavy atom. The number of hydrogen-bond donors (Lipinski definition) is 2. The summed E-state index contributed by atoms with van der Waals surface area (Å²) in [5.74, 6) is 0.457. The Bertz CT molecular complexity index is 788. The molecule has 2 aromatic carbocycles. The molecule has 0 radical (unpaired) electrons. The Kier molecular flexibility index (Phi) is 6.19. The van der Waals surface area contributed by atoms with Crippen LogP contribution in [0.3, 0.4) is 0 Å². The first-order valence-electron chi connectivity index (χ1n) is 7.38. The Labute approximate surface area is 154 Å². The van der Waals surface area contributed by atoms with Crippen LogP contribution >= 0.6 is 22.6 Å². The molecule has 0 aromatic heterocycles. The summed E-state index contributed by atoms with van der Waals surface area (Å²) in [7, 11) is 0. The fourth-order valence-electron chi connectivity index (χ4n) is 2.17. The van der Waals surface area contributed by atoms with Gasteiger partial charge in [0.2, 0.25) is 0 Å². The molecule has 2 aromatic rings. The minimum atomic E-state index is -0.368. The first kappa shape index (κ1) is 18.3. The molecule has 1 amide bonds. The molecule has 0 aliphatic heterocycles. The fraction of sp³-hybridized carbons (Fsp3) is 0.222. The maximum Gasteiger partial charge on any atom is 0.277 e. The molecule has 126 valence electrons. The molecular formula is C18H19IN2O3. The van der Waals surface area contributed by atoms with E-state index in [4.69, 9.17) is 4.74 Å². The number of phenols is 1. The van der Waals surface area contributed by atoms with Gasteiger partial charge < -0.3 is 9.84 Å². The van der Waals surface area contributed by atoms with Crippen LogP contribution in [0.5, 0.6) is 11.5 Å². The van der Waals surface area contributed by atoms with Crippen LogP contribution in [0.4, 0.5) is 0 Å². The Morgan fingerprint density at radius 2 is 2.00 bits per heavy atom. The van der Waals surface area contributed by atoms with E-state index in [1.54, 1.807) is 6.07 Å². The van der Waals surface area contributed by atoms with Crippen molar-refractivity contribution in [3.8, 4) is 11.5 Å². The van der Waals surface area contributed by atoms with Crippen molar-refractivity contribution >= 4 is 34.7 Å². The maximum atomic E-state index is 11.8. The zero-order valence-corrected chi connectivity index (χ0v) is 15.9. The number of halogens is 1. The standard InChI is InChI=1S/C18H19IN2O3/c1-11-4-5-16(12(2)6-11)24-10-17(22)21-20-9-14-8-15(19)7-13(3)18(14)23/h4-9,23H,10H2,1-3H3,(H,21,22)/b20-9+. The number of rotatable bonds is 5. The van der Waals surface area contributed by atoms with Crippen LogP contribution in [0.25, 0.3) is 0 Å². The number of carbonyl (C=O) groups is 1. The van der Waals surface area contributed by atoms with Gasteiger partial charge in [-0.3, -0.25) is 4.79 Å². The lowest BCUT2D eigenvalue weighted by molar-refractivity contribution is -0.123. The largest absolute Gasteiger partial charge is 0.507 e. The number of amides is 1. The van der Waals surface area contributed by atoms with Crippen LogP contribution in [0, 0.1) is 24.3 Å². The highest BCUT2D eigenvalue weighted by atomic mass is 127. The summed E-state index contributed by atoms with van der Waals surface area (Å²) in [6, 6.07) is 9.41. The van der Waals surface area contributed by atoms with E-state index >= 15 is 0 Å². The van der Waals surface area contributed by atoms with Gasteiger partial charge in [-0.05, 0) is 72.7 Å². The summed E-state index contributed by atoms with van der Waals surface area (Å²) in [5, 5.41) is 13.8. The number of nitrogens with zero attached hydrogens (tertiary/aromatic N) is 1. The zero-order chi connectivity index (χ0) is 17.7. The molecule has 2 N–H and O–H groups in total. The summed E-state index contributed by atoms with van der Waals surface area (Å²) in [6.07, 6.45) is 1.42. The third-order valence-corrected chi connectivity index (χ3v) is 4.00. The van der Waals surface area contributed by atoms with Crippen molar-refractivity contribution in [3.63, 3.8) is 0 Å². The van der Waals surface area contributed by atoms with Crippen LogP contribution < -0.4 is 10.2 Å². The molecule has 0 aliphatic rings. The van der Waals surface area contributed by atoms with Crippen molar-refractivity contribution in [2.45, 2.75) is 20.8 Å². The van der Waals surface area contributed by atoms with Crippen LogP contribution in [-0.2, 0) is 4.79 Å². The molecule has 0 fully saturated rings. The van der Waals surface area contributed by atoms with E-state index in [0.29, 0.717) is 11.3 Å². The van der Waals surface area contributed by atoms with Gasteiger partial charge in [-0.1, -0.05) is 17.7 Å². The molecule has 0 unspecified atom stereocenters. The van der Waals surface area contributed by atoms with Crippen LogP contribution in [0.1, 0.15) is 22.3 Å². The lowest BCUT2D eigenvalue weighted by atomic mass is 10.1. The number of hydrazone groups is 1. The number of ether oxygens (including phenoxy) is 1. The number of nitrogens with one attached hydrogen (secondary N) is 1. The third-order valence-electron chi connectivity index (χ3n) is 3.38. The molecule has 0 aliphatic carbocycles. The molecular weight excluding hydrogens is 419 g/mol. The maximum absolute atomic E-state index is 11.8. The highest BCUT2D eigenvalue weighted by molar-refractivity contribution is 14.1. The lowest BCUT2D eigenvalue weighted by Crippen LogP contribution is -2.24. The number of carbonyl (C=O) groups excluding carboxylic acids is 1. The molecule has 24 heavy (non-hydrogen) atoms. The minimum Gasteiger partial charge on any atom is -0.507 e. The second-order valence-electron chi connectivity index (χ2n) is 5.51. The molecule has 0 saturated carbocycles. The molecule has 0 saturated heterocycles. The molecule has 2 rings (SSSR count). The van der Waals surface area contributed by atoms with Crippen LogP contribution in [-0.4, -0.2) is 23.8 Å². The number of hydrogen-bond acceptors (Lipinski definition) is 4. The van der Waals surface area contributed by atoms with Gasteiger partial charge in [-0.15, -0.1) is 0 Å². The fourth-order valence-corrected chi connectivity index (χ4v) is 2.97. The zero-order valence-electron chi connectivity index (χ0n) is 13.8. The van der Waals surface area contributed by atoms with E-state index in [0.717, 1.165) is 20.3 Å². The highest BCUT2D eigenvalue weighted by Gasteiger charge is 2.06. The minimum absolute atomic E-state index is 0.126. The first-order valence-corrected chi connectivity index (χ1v) is 8.46. The number of aryl methyl sites for hydroxylation is 3. The van der Waals surface area contributed by atoms with Gasteiger partial charge in [-0.2, -0.15) is 5.10 Å². The van der Waals surface area contributed by atoms with Gasteiger partial charge in [0.25, 0.3) is 5.91 Å². The quantitative estimate of drug-likeness (QED) is 0.427. The van der Waals surface area contributed by atoms with Crippen molar-refractivity contribution in [1.29, 1.82) is 0 Å². The smallest absolute Gasteiger partial charge is 0.277 e. The molecule has 6 heteroatoms. The van der Waals surface area contributed by atoms with E-state index in [2.05, 4.69) is 33.1 Å². The molecule has 0 bridgehead atoms. The van der Waals surface area contributed by atoms with Crippen molar-refractivity contribution in [1.82, 2.24) is 5.43 Å². The molecule has 0 heterocycles. The summed E-state index contributed by atoms with van der Waals surface area (Å²) in [4.78, 5) is 11.8. The van der Waals surface area contributed by atoms with E-state index in [9.17, 15) is 9.90 Å². The second-order valence-corrected chi connectivity index (χ2v) is 6.76. The van der Waals surface area contributed by atoms with Gasteiger partial charge in [-0.25, -0.2) is 5.43 Å². The van der Waals surface area contributed by atoms with E-state index in [-0.39, 0.29) is 18.3 Å². The van der Waals surface area contributed by atoms with Crippen molar-refractivity contribution in [2.75, 3.05) is 6.61 Å². The first-order chi connectivity index (χ1) is 11.4. The molecule has 5 nitrogen and oxygen atoms in total. The van der Waals surface area contributed by atoms with Gasteiger partial charge in [0.15, 0.2) is 6.61 Å². The predicted octanol–water partition coefficient (Wildman–Crippen LogP) is 3.45. The van der Waals surface area contributed by atoms with E-state index in [1.807, 2.05) is 45.0 Å². The monoisotopic (exact) mass is 438 g/mol. The predicted molar refractivity (Wildman–Crippen MR) is 103 cm³/mol. The molecule has 0 atom stereocenters. The lowest BCUT2D eigenvalue weighted by Gasteiger charge is -2.08. The van der Waals surface area contributed by atoms with Crippen LogP contribution in [0.2, 0.25) is 0 Å². The van der Waals surface area contributed by atoms with E-state index in [1.165, 1.54) is 6.21 Å². The number of benzene rings is 2. The van der Waals surface area contributed by atoms with Gasteiger partial charge in [0, 0.05) is 9.13 Å². The molecule has 0 spiro atoms. The highest BCUT2D eigenvalue weighted by Crippen LogP contribution is 2.23. The average molecular weight is 438 g/mol. The van der Waals surface area contributed by atoms with Gasteiger partial charge in [0.05, 0.1) is 6.21 Å².